The second kappa shape index (κ2) is 9.21. The molecule has 33 heavy (non-hydrogen) atoms. The van der Waals surface area contributed by atoms with E-state index in [1.165, 1.54) is 12.1 Å². The number of aromatic nitrogens is 5. The van der Waals surface area contributed by atoms with Gasteiger partial charge in [-0.3, -0.25) is 5.10 Å². The van der Waals surface area contributed by atoms with Crippen LogP contribution in [-0.2, 0) is 0 Å². The fraction of sp³-hybridized carbons (Fsp3) is 0.217. The van der Waals surface area contributed by atoms with Gasteiger partial charge in [-0.1, -0.05) is 18.2 Å². The molecule has 1 aliphatic heterocycles. The maximum atomic E-state index is 13.2. The molecule has 1 saturated heterocycles. The normalized spacial score (nSPS) is 14.3. The molecule has 1 fully saturated rings. The second-order valence-electron chi connectivity index (χ2n) is 7.75. The molecule has 5 rings (SSSR count). The van der Waals surface area contributed by atoms with Crippen molar-refractivity contribution in [3.05, 3.63) is 66.5 Å². The largest absolute Gasteiger partial charge is 0.424 e. The fourth-order valence-electron chi connectivity index (χ4n) is 3.47. The summed E-state index contributed by atoms with van der Waals surface area (Å²) >= 11 is 0. The fourth-order valence-corrected chi connectivity index (χ4v) is 3.47. The molecule has 1 aliphatic rings. The summed E-state index contributed by atoms with van der Waals surface area (Å²) in [6, 6.07) is 17.6. The van der Waals surface area contributed by atoms with Crippen LogP contribution < -0.4 is 15.0 Å². The number of H-pyrrole nitrogens is 1. The number of piperazine rings is 1. The summed E-state index contributed by atoms with van der Waals surface area (Å²) < 4.78 is 19.1. The molecule has 2 N–H and O–H groups in total. The maximum absolute atomic E-state index is 13.2. The Bertz CT molecular complexity index is 1210. The Morgan fingerprint density at radius 2 is 1.70 bits per heavy atom. The van der Waals surface area contributed by atoms with E-state index >= 15 is 0 Å². The highest BCUT2D eigenvalue weighted by molar-refractivity contribution is 5.64. The van der Waals surface area contributed by atoms with E-state index in [9.17, 15) is 4.39 Å². The lowest BCUT2D eigenvalue weighted by atomic mass is 10.1. The molecule has 0 radical (unpaired) electrons. The van der Waals surface area contributed by atoms with Crippen LogP contribution in [-0.4, -0.2) is 63.3 Å². The van der Waals surface area contributed by atoms with Crippen molar-refractivity contribution in [1.82, 2.24) is 30.0 Å². The Kier molecular flexibility index (Phi) is 5.81. The molecule has 0 amide bonds. The highest BCUT2D eigenvalue weighted by atomic mass is 19.1. The number of benzene rings is 2. The predicted molar refractivity (Wildman–Crippen MR) is 123 cm³/mol. The third-order valence-corrected chi connectivity index (χ3v) is 5.31. The van der Waals surface area contributed by atoms with Crippen molar-refractivity contribution in [3.63, 3.8) is 0 Å². The Balaban J connectivity index is 1.41. The number of nitrogens with zero attached hydrogens (tertiary/aromatic N) is 6. The summed E-state index contributed by atoms with van der Waals surface area (Å²) in [5.74, 6) is 1.74. The van der Waals surface area contributed by atoms with Crippen molar-refractivity contribution < 1.29 is 9.13 Å². The average molecular weight is 446 g/mol. The van der Waals surface area contributed by atoms with Gasteiger partial charge in [0, 0.05) is 32.2 Å². The first kappa shape index (κ1) is 20.8. The monoisotopic (exact) mass is 446 g/mol. The third-order valence-electron chi connectivity index (χ3n) is 5.31. The minimum atomic E-state index is -0.288. The van der Waals surface area contributed by atoms with Crippen molar-refractivity contribution in [2.45, 2.75) is 0 Å². The smallest absolute Gasteiger partial charge is 0.328 e. The van der Waals surface area contributed by atoms with Crippen LogP contribution in [0.5, 0.6) is 11.8 Å². The average Bonchev–Trinajstić information content (AvgIpc) is 3.29. The van der Waals surface area contributed by atoms with Crippen LogP contribution in [0.2, 0.25) is 0 Å². The number of nitrogens with one attached hydrogen (secondary N) is 2. The van der Waals surface area contributed by atoms with Crippen LogP contribution in [0, 0.1) is 5.82 Å². The highest BCUT2D eigenvalue weighted by Gasteiger charge is 2.20. The zero-order chi connectivity index (χ0) is 22.6. The quantitative estimate of drug-likeness (QED) is 0.463. The van der Waals surface area contributed by atoms with E-state index in [0.29, 0.717) is 23.5 Å². The number of anilines is 3. The summed E-state index contributed by atoms with van der Waals surface area (Å²) in [5, 5.41) is 10.4. The maximum Gasteiger partial charge on any atom is 0.328 e. The third kappa shape index (κ3) is 5.07. The second-order valence-corrected chi connectivity index (χ2v) is 7.75. The first-order chi connectivity index (χ1) is 16.1. The van der Waals surface area contributed by atoms with Gasteiger partial charge in [-0.15, -0.1) is 0 Å². The van der Waals surface area contributed by atoms with Crippen LogP contribution in [0.3, 0.4) is 0 Å². The van der Waals surface area contributed by atoms with Gasteiger partial charge in [0.2, 0.25) is 11.9 Å². The molecule has 0 saturated carbocycles. The molecule has 0 bridgehead atoms. The minimum absolute atomic E-state index is 0.196. The molecule has 0 spiro atoms. The van der Waals surface area contributed by atoms with Crippen LogP contribution in [0.4, 0.5) is 22.1 Å². The molecule has 3 heterocycles. The lowest BCUT2D eigenvalue weighted by molar-refractivity contribution is 0.310. The molecule has 168 valence electrons. The lowest BCUT2D eigenvalue weighted by Gasteiger charge is -2.32. The number of rotatable bonds is 6. The van der Waals surface area contributed by atoms with Gasteiger partial charge in [-0.05, 0) is 49.0 Å². The van der Waals surface area contributed by atoms with E-state index in [4.69, 9.17) is 4.74 Å². The van der Waals surface area contributed by atoms with Crippen molar-refractivity contribution in [1.29, 1.82) is 0 Å². The number of hydrogen-bond acceptors (Lipinski definition) is 8. The molecule has 2 aromatic carbocycles. The number of para-hydroxylation sites is 1. The van der Waals surface area contributed by atoms with Crippen molar-refractivity contribution >= 4 is 17.7 Å². The summed E-state index contributed by atoms with van der Waals surface area (Å²) in [5.41, 5.74) is 1.56. The number of hydrogen-bond donors (Lipinski definition) is 2. The van der Waals surface area contributed by atoms with Crippen molar-refractivity contribution in [3.8, 4) is 23.0 Å². The van der Waals surface area contributed by atoms with E-state index in [2.05, 4.69) is 47.3 Å². The van der Waals surface area contributed by atoms with Gasteiger partial charge < -0.3 is 19.9 Å². The molecule has 0 unspecified atom stereocenters. The van der Waals surface area contributed by atoms with E-state index in [1.54, 1.807) is 12.1 Å². The Morgan fingerprint density at radius 1 is 0.939 bits per heavy atom. The summed E-state index contributed by atoms with van der Waals surface area (Å²) in [6.07, 6.45) is 0. The van der Waals surface area contributed by atoms with Crippen LogP contribution in [0.15, 0.2) is 60.7 Å². The number of halogens is 1. The first-order valence-corrected chi connectivity index (χ1v) is 10.6. The van der Waals surface area contributed by atoms with Crippen molar-refractivity contribution in [2.75, 3.05) is 43.4 Å². The topological polar surface area (TPSA) is 95.1 Å². The summed E-state index contributed by atoms with van der Waals surface area (Å²) in [4.78, 5) is 17.9. The molecule has 4 aromatic rings. The van der Waals surface area contributed by atoms with E-state index in [-0.39, 0.29) is 11.8 Å². The molecular weight excluding hydrogens is 423 g/mol. The number of likely N-dealkylation sites (N-methyl/N-ethyl adjacent to an activating group) is 1. The lowest BCUT2D eigenvalue weighted by Crippen LogP contribution is -2.45. The molecule has 0 atom stereocenters. The molecular formula is C23H23FN8O. The van der Waals surface area contributed by atoms with E-state index < -0.39 is 0 Å². The molecule has 0 aliphatic carbocycles. The van der Waals surface area contributed by atoms with Gasteiger partial charge in [0.1, 0.15) is 11.6 Å². The van der Waals surface area contributed by atoms with Crippen LogP contribution in [0.25, 0.3) is 11.3 Å². The number of aromatic amines is 1. The molecule has 2 aromatic heterocycles. The standard InChI is InChI=1S/C23H23FN8O/c1-31-11-13-32(14-12-31)22-26-21(27-23(28-22)33-18-5-3-2-4-6-18)25-20-15-19(29-30-20)16-7-9-17(24)10-8-16/h2-10,15H,11-14H2,1H3,(H2,25,26,27,28,29,30). The predicted octanol–water partition coefficient (Wildman–Crippen LogP) is 3.69. The van der Waals surface area contributed by atoms with Crippen LogP contribution in [0.1, 0.15) is 0 Å². The van der Waals surface area contributed by atoms with E-state index in [1.807, 2.05) is 36.4 Å². The Morgan fingerprint density at radius 3 is 2.45 bits per heavy atom. The highest BCUT2D eigenvalue weighted by Crippen LogP contribution is 2.25. The number of ether oxygens (including phenoxy) is 1. The minimum Gasteiger partial charge on any atom is -0.424 e. The summed E-state index contributed by atoms with van der Waals surface area (Å²) in [6.45, 7) is 3.46. The Hall–Kier alpha value is -4.05. The van der Waals surface area contributed by atoms with Gasteiger partial charge in [0.15, 0.2) is 5.82 Å². The molecule has 10 heteroatoms. The molecule has 9 nitrogen and oxygen atoms in total. The zero-order valence-corrected chi connectivity index (χ0v) is 18.1. The zero-order valence-electron chi connectivity index (χ0n) is 18.1. The Labute approximate surface area is 190 Å². The first-order valence-electron chi connectivity index (χ1n) is 10.6. The van der Waals surface area contributed by atoms with Gasteiger partial charge in [0.05, 0.1) is 5.69 Å². The van der Waals surface area contributed by atoms with E-state index in [0.717, 1.165) is 37.4 Å². The van der Waals surface area contributed by atoms with Gasteiger partial charge in [0.25, 0.3) is 0 Å². The SMILES string of the molecule is CN1CCN(c2nc(Nc3cc(-c4ccc(F)cc4)[nH]n3)nc(Oc3ccccc3)n2)CC1. The van der Waals surface area contributed by atoms with Gasteiger partial charge in [-0.2, -0.15) is 20.1 Å². The van der Waals surface area contributed by atoms with Gasteiger partial charge >= 0.3 is 6.01 Å². The van der Waals surface area contributed by atoms with Gasteiger partial charge in [-0.25, -0.2) is 4.39 Å². The van der Waals surface area contributed by atoms with Crippen molar-refractivity contribution in [2.24, 2.45) is 0 Å². The van der Waals surface area contributed by atoms with Crippen LogP contribution >= 0.6 is 0 Å². The summed E-state index contributed by atoms with van der Waals surface area (Å²) in [7, 11) is 2.10.